The molecule has 0 unspecified atom stereocenters. The van der Waals surface area contributed by atoms with E-state index in [9.17, 15) is 4.79 Å². The fraction of sp³-hybridized carbons (Fsp3) is 0.375. The van der Waals surface area contributed by atoms with Crippen molar-refractivity contribution in [1.29, 1.82) is 0 Å². The zero-order valence-electron chi connectivity index (χ0n) is 12.5. The van der Waals surface area contributed by atoms with Gasteiger partial charge in [0.1, 0.15) is 5.75 Å². The second kappa shape index (κ2) is 8.90. The van der Waals surface area contributed by atoms with Gasteiger partial charge in [-0.05, 0) is 40.5 Å². The van der Waals surface area contributed by atoms with Crippen LogP contribution < -0.4 is 10.1 Å². The zero-order valence-corrected chi connectivity index (χ0v) is 14.9. The van der Waals surface area contributed by atoms with Gasteiger partial charge in [0, 0.05) is 17.1 Å². The molecular weight excluding hydrogens is 364 g/mol. The quantitative estimate of drug-likeness (QED) is 0.644. The van der Waals surface area contributed by atoms with Crippen molar-refractivity contribution in [2.45, 2.75) is 32.6 Å². The van der Waals surface area contributed by atoms with Crippen LogP contribution in [0.3, 0.4) is 0 Å². The Labute approximate surface area is 143 Å². The lowest BCUT2D eigenvalue weighted by Crippen LogP contribution is -2.11. The van der Waals surface area contributed by atoms with E-state index in [1.807, 2.05) is 11.4 Å². The minimum Gasteiger partial charge on any atom is -0.492 e. The Kier molecular flexibility index (Phi) is 6.86. The molecule has 0 fully saturated rings. The number of nitrogens with zero attached hydrogens (tertiary/aromatic N) is 1. The van der Waals surface area contributed by atoms with Gasteiger partial charge in [0.25, 0.3) is 5.91 Å². The molecule has 2 aromatic rings. The third-order valence-corrected chi connectivity index (χ3v) is 4.41. The smallest absolute Gasteiger partial charge is 0.257 e. The molecule has 0 radical (unpaired) electrons. The summed E-state index contributed by atoms with van der Waals surface area (Å²) in [5.74, 6) is 0.590. The van der Waals surface area contributed by atoms with Crippen molar-refractivity contribution in [3.63, 3.8) is 0 Å². The number of amides is 1. The van der Waals surface area contributed by atoms with Crippen LogP contribution in [0.2, 0.25) is 0 Å². The molecule has 6 heteroatoms. The highest BCUT2D eigenvalue weighted by Crippen LogP contribution is 2.27. The van der Waals surface area contributed by atoms with Crippen molar-refractivity contribution < 1.29 is 9.53 Å². The monoisotopic (exact) mass is 382 g/mol. The summed E-state index contributed by atoms with van der Waals surface area (Å²) in [6.07, 6.45) is 6.34. The fourth-order valence-corrected chi connectivity index (χ4v) is 2.94. The van der Waals surface area contributed by atoms with Crippen LogP contribution in [0.1, 0.15) is 43.0 Å². The normalized spacial score (nSPS) is 10.5. The number of anilines is 1. The van der Waals surface area contributed by atoms with Gasteiger partial charge in [-0.25, -0.2) is 4.98 Å². The number of carbonyl (C=O) groups excluding carboxylic acids is 1. The van der Waals surface area contributed by atoms with Crippen LogP contribution in [0.25, 0.3) is 0 Å². The summed E-state index contributed by atoms with van der Waals surface area (Å²) in [6.45, 7) is 2.89. The molecule has 0 aliphatic rings. The molecule has 2 rings (SSSR count). The van der Waals surface area contributed by atoms with Crippen LogP contribution in [-0.2, 0) is 0 Å². The molecule has 1 heterocycles. The lowest BCUT2D eigenvalue weighted by atomic mass is 10.2. The third-order valence-electron chi connectivity index (χ3n) is 3.10. The number of benzene rings is 1. The minimum atomic E-state index is -0.176. The van der Waals surface area contributed by atoms with Gasteiger partial charge in [-0.3, -0.25) is 10.1 Å². The molecule has 0 aliphatic carbocycles. The fourth-order valence-electron chi connectivity index (χ4n) is 1.92. The highest BCUT2D eigenvalue weighted by Gasteiger charge is 2.10. The first-order chi connectivity index (χ1) is 10.7. The van der Waals surface area contributed by atoms with Gasteiger partial charge < -0.3 is 4.74 Å². The number of thiazole rings is 1. The number of ether oxygens (including phenoxy) is 1. The summed E-state index contributed by atoms with van der Waals surface area (Å²) in [5.41, 5.74) is 0.570. The molecule has 1 amide bonds. The molecule has 22 heavy (non-hydrogen) atoms. The summed E-state index contributed by atoms with van der Waals surface area (Å²) in [7, 11) is 0. The molecule has 1 aromatic carbocycles. The Bertz CT molecular complexity index is 602. The van der Waals surface area contributed by atoms with Crippen molar-refractivity contribution in [1.82, 2.24) is 4.98 Å². The van der Waals surface area contributed by atoms with E-state index in [4.69, 9.17) is 4.74 Å². The summed E-state index contributed by atoms with van der Waals surface area (Å²) < 4.78 is 6.52. The first-order valence-electron chi connectivity index (χ1n) is 7.34. The van der Waals surface area contributed by atoms with E-state index in [1.54, 1.807) is 18.3 Å². The second-order valence-electron chi connectivity index (χ2n) is 4.85. The van der Waals surface area contributed by atoms with Crippen LogP contribution in [0.15, 0.2) is 34.2 Å². The molecule has 1 N–H and O–H groups in total. The van der Waals surface area contributed by atoms with Crippen molar-refractivity contribution in [2.75, 3.05) is 11.9 Å². The molecule has 1 aromatic heterocycles. The predicted molar refractivity (Wildman–Crippen MR) is 93.8 cm³/mol. The van der Waals surface area contributed by atoms with Gasteiger partial charge in [0.2, 0.25) is 0 Å². The molecule has 0 saturated heterocycles. The van der Waals surface area contributed by atoms with E-state index in [1.165, 1.54) is 30.6 Å². The molecule has 118 valence electrons. The van der Waals surface area contributed by atoms with E-state index >= 15 is 0 Å². The maximum Gasteiger partial charge on any atom is 0.257 e. The first kappa shape index (κ1) is 17.0. The number of unbranched alkanes of at least 4 members (excludes halogenated alkanes) is 3. The van der Waals surface area contributed by atoms with E-state index in [0.717, 1.165) is 16.6 Å². The topological polar surface area (TPSA) is 51.2 Å². The molecule has 0 spiro atoms. The summed E-state index contributed by atoms with van der Waals surface area (Å²) in [4.78, 5) is 16.1. The largest absolute Gasteiger partial charge is 0.492 e. The Morgan fingerprint density at radius 2 is 2.23 bits per heavy atom. The van der Waals surface area contributed by atoms with Gasteiger partial charge >= 0.3 is 0 Å². The number of hydrogen-bond acceptors (Lipinski definition) is 4. The number of nitrogens with one attached hydrogen (secondary N) is 1. The summed E-state index contributed by atoms with van der Waals surface area (Å²) >= 11 is 4.85. The van der Waals surface area contributed by atoms with Crippen molar-refractivity contribution in [2.24, 2.45) is 0 Å². The summed E-state index contributed by atoms with van der Waals surface area (Å²) in [6, 6.07) is 5.35. The lowest BCUT2D eigenvalue weighted by Gasteiger charge is -2.09. The maximum atomic E-state index is 12.1. The number of aromatic nitrogens is 1. The molecule has 0 atom stereocenters. The van der Waals surface area contributed by atoms with Crippen LogP contribution in [0, 0.1) is 0 Å². The van der Waals surface area contributed by atoms with E-state index in [-0.39, 0.29) is 5.91 Å². The number of hydrogen-bond donors (Lipinski definition) is 1. The van der Waals surface area contributed by atoms with Gasteiger partial charge in [-0.1, -0.05) is 26.2 Å². The average molecular weight is 383 g/mol. The predicted octanol–water partition coefficient (Wildman–Crippen LogP) is 5.12. The van der Waals surface area contributed by atoms with E-state index in [2.05, 4.69) is 33.2 Å². The molecule has 4 nitrogen and oxygen atoms in total. The molecular formula is C16H19BrN2O2S. The zero-order chi connectivity index (χ0) is 15.8. The Balaban J connectivity index is 1.90. The van der Waals surface area contributed by atoms with Crippen LogP contribution >= 0.6 is 27.3 Å². The standard InChI is InChI=1S/C16H19BrN2O2S/c1-2-3-4-5-9-21-14-7-6-12(11-13(14)17)15(20)19-16-18-8-10-22-16/h6-8,10-11H,2-5,9H2,1H3,(H,18,19,20). The highest BCUT2D eigenvalue weighted by molar-refractivity contribution is 9.10. The van der Waals surface area contributed by atoms with Gasteiger partial charge in [0.05, 0.1) is 11.1 Å². The SMILES string of the molecule is CCCCCCOc1ccc(C(=O)Nc2nccs2)cc1Br. The van der Waals surface area contributed by atoms with Crippen molar-refractivity contribution >= 4 is 38.3 Å². The average Bonchev–Trinajstić information content (AvgIpc) is 3.01. The lowest BCUT2D eigenvalue weighted by molar-refractivity contribution is 0.102. The van der Waals surface area contributed by atoms with Gasteiger partial charge in [-0.15, -0.1) is 11.3 Å². The number of halogens is 1. The molecule has 0 bridgehead atoms. The van der Waals surface area contributed by atoms with E-state index < -0.39 is 0 Å². The Morgan fingerprint density at radius 3 is 2.91 bits per heavy atom. The highest BCUT2D eigenvalue weighted by atomic mass is 79.9. The Hall–Kier alpha value is -1.40. The molecule has 0 aliphatic heterocycles. The second-order valence-corrected chi connectivity index (χ2v) is 6.59. The van der Waals surface area contributed by atoms with Crippen molar-refractivity contribution in [3.8, 4) is 5.75 Å². The van der Waals surface area contributed by atoms with Crippen LogP contribution in [-0.4, -0.2) is 17.5 Å². The first-order valence-corrected chi connectivity index (χ1v) is 9.01. The van der Waals surface area contributed by atoms with Crippen LogP contribution in [0.4, 0.5) is 5.13 Å². The maximum absolute atomic E-state index is 12.1. The Morgan fingerprint density at radius 1 is 1.36 bits per heavy atom. The van der Waals surface area contributed by atoms with E-state index in [0.29, 0.717) is 17.3 Å². The molecule has 0 saturated carbocycles. The minimum absolute atomic E-state index is 0.176. The number of carbonyl (C=O) groups is 1. The van der Waals surface area contributed by atoms with Crippen molar-refractivity contribution in [3.05, 3.63) is 39.8 Å². The van der Waals surface area contributed by atoms with Gasteiger partial charge in [0.15, 0.2) is 5.13 Å². The van der Waals surface area contributed by atoms with Gasteiger partial charge in [-0.2, -0.15) is 0 Å². The third kappa shape index (κ3) is 5.10. The summed E-state index contributed by atoms with van der Waals surface area (Å²) in [5, 5.41) is 5.17. The number of rotatable bonds is 8. The van der Waals surface area contributed by atoms with Crippen LogP contribution in [0.5, 0.6) is 5.75 Å².